The summed E-state index contributed by atoms with van der Waals surface area (Å²) in [6.07, 6.45) is 1.50. The molecule has 0 spiro atoms. The Morgan fingerprint density at radius 2 is 2.17 bits per heavy atom. The van der Waals surface area contributed by atoms with Crippen molar-refractivity contribution in [3.8, 4) is 11.4 Å². The van der Waals surface area contributed by atoms with E-state index in [0.29, 0.717) is 35.8 Å². The van der Waals surface area contributed by atoms with Gasteiger partial charge in [0.05, 0.1) is 6.42 Å². The van der Waals surface area contributed by atoms with E-state index in [0.717, 1.165) is 13.0 Å². The summed E-state index contributed by atoms with van der Waals surface area (Å²) >= 11 is 0. The molecule has 0 aliphatic carbocycles. The second kappa shape index (κ2) is 7.82. The number of aryl methyl sites for hydroxylation is 2. The molecule has 7 heteroatoms. The number of carboxylic acid groups (broad SMARTS) is 1. The zero-order valence-electron chi connectivity index (χ0n) is 13.3. The topological polar surface area (TPSA) is 79.5 Å². The van der Waals surface area contributed by atoms with Gasteiger partial charge in [-0.05, 0) is 38.6 Å². The lowest BCUT2D eigenvalue weighted by atomic mass is 10.1. The molecule has 0 fully saturated rings. The van der Waals surface area contributed by atoms with E-state index in [1.54, 1.807) is 19.1 Å². The van der Waals surface area contributed by atoms with E-state index in [4.69, 9.17) is 9.63 Å². The molecule has 1 aromatic heterocycles. The Labute approximate surface area is 133 Å². The van der Waals surface area contributed by atoms with Crippen LogP contribution in [0.2, 0.25) is 0 Å². The van der Waals surface area contributed by atoms with Crippen LogP contribution < -0.4 is 0 Å². The van der Waals surface area contributed by atoms with E-state index in [1.165, 1.54) is 6.07 Å². The summed E-state index contributed by atoms with van der Waals surface area (Å²) in [5.74, 6) is -0.233. The Balaban J connectivity index is 1.85. The predicted octanol–water partition coefficient (Wildman–Crippen LogP) is 2.52. The van der Waals surface area contributed by atoms with Gasteiger partial charge < -0.3 is 14.5 Å². The van der Waals surface area contributed by atoms with E-state index in [-0.39, 0.29) is 12.2 Å². The number of carboxylic acids is 1. The molecule has 0 bridgehead atoms. The summed E-state index contributed by atoms with van der Waals surface area (Å²) in [6.45, 7) is 2.94. The van der Waals surface area contributed by atoms with Crippen LogP contribution >= 0.6 is 0 Å². The van der Waals surface area contributed by atoms with Gasteiger partial charge in [0.1, 0.15) is 5.82 Å². The van der Waals surface area contributed by atoms with Gasteiger partial charge in [0.15, 0.2) is 0 Å². The lowest BCUT2D eigenvalue weighted by Crippen LogP contribution is -2.23. The Bertz CT molecular complexity index is 672. The highest BCUT2D eigenvalue weighted by molar-refractivity contribution is 5.66. The van der Waals surface area contributed by atoms with Gasteiger partial charge in [0.25, 0.3) is 0 Å². The summed E-state index contributed by atoms with van der Waals surface area (Å²) in [4.78, 5) is 16.7. The van der Waals surface area contributed by atoms with Crippen LogP contribution in [-0.2, 0) is 11.2 Å². The molecule has 1 aromatic carbocycles. The third-order valence-electron chi connectivity index (χ3n) is 3.54. The monoisotopic (exact) mass is 321 g/mol. The van der Waals surface area contributed by atoms with Crippen molar-refractivity contribution in [2.75, 3.05) is 20.1 Å². The second-order valence-electron chi connectivity index (χ2n) is 5.53. The highest BCUT2D eigenvalue weighted by Gasteiger charge is 2.11. The lowest BCUT2D eigenvalue weighted by Gasteiger charge is -2.14. The zero-order valence-corrected chi connectivity index (χ0v) is 13.3. The maximum absolute atomic E-state index is 13.6. The molecule has 1 N–H and O–H groups in total. The molecule has 0 unspecified atom stereocenters. The SMILES string of the molecule is Cc1ccc(-c2noc(CCCN(C)CCC(=O)O)n2)cc1F. The molecular formula is C16H20FN3O3. The molecule has 0 radical (unpaired) electrons. The molecule has 0 amide bonds. The molecule has 1 heterocycles. The average molecular weight is 321 g/mol. The Kier molecular flexibility index (Phi) is 5.81. The third kappa shape index (κ3) is 5.14. The van der Waals surface area contributed by atoms with Gasteiger partial charge in [0.2, 0.25) is 11.7 Å². The molecule has 2 aromatic rings. The third-order valence-corrected chi connectivity index (χ3v) is 3.54. The molecule has 23 heavy (non-hydrogen) atoms. The Morgan fingerprint density at radius 3 is 2.87 bits per heavy atom. The number of aliphatic carboxylic acids is 1. The van der Waals surface area contributed by atoms with Crippen LogP contribution in [0.3, 0.4) is 0 Å². The molecule has 124 valence electrons. The summed E-state index contributed by atoms with van der Waals surface area (Å²) in [5.41, 5.74) is 1.16. The summed E-state index contributed by atoms with van der Waals surface area (Å²) < 4.78 is 18.7. The average Bonchev–Trinajstić information content (AvgIpc) is 2.97. The number of hydrogen-bond acceptors (Lipinski definition) is 5. The van der Waals surface area contributed by atoms with E-state index >= 15 is 0 Å². The van der Waals surface area contributed by atoms with E-state index in [2.05, 4.69) is 10.1 Å². The van der Waals surface area contributed by atoms with Crippen molar-refractivity contribution in [2.24, 2.45) is 0 Å². The lowest BCUT2D eigenvalue weighted by molar-refractivity contribution is -0.137. The number of halogens is 1. The van der Waals surface area contributed by atoms with Crippen LogP contribution in [-0.4, -0.2) is 46.3 Å². The highest BCUT2D eigenvalue weighted by Crippen LogP contribution is 2.19. The first-order valence-electron chi connectivity index (χ1n) is 7.45. The van der Waals surface area contributed by atoms with Crippen LogP contribution in [0.5, 0.6) is 0 Å². The zero-order chi connectivity index (χ0) is 16.8. The molecule has 0 atom stereocenters. The summed E-state index contributed by atoms with van der Waals surface area (Å²) in [6, 6.07) is 4.83. The van der Waals surface area contributed by atoms with Crippen molar-refractivity contribution in [3.05, 3.63) is 35.5 Å². The fraction of sp³-hybridized carbons (Fsp3) is 0.438. The van der Waals surface area contributed by atoms with Crippen molar-refractivity contribution in [3.63, 3.8) is 0 Å². The number of hydrogen-bond donors (Lipinski definition) is 1. The fourth-order valence-electron chi connectivity index (χ4n) is 2.10. The van der Waals surface area contributed by atoms with E-state index in [9.17, 15) is 9.18 Å². The van der Waals surface area contributed by atoms with Gasteiger partial charge in [0, 0.05) is 18.5 Å². The van der Waals surface area contributed by atoms with Crippen molar-refractivity contribution in [1.29, 1.82) is 0 Å². The number of carbonyl (C=O) groups is 1. The van der Waals surface area contributed by atoms with Crippen LogP contribution in [0.25, 0.3) is 11.4 Å². The van der Waals surface area contributed by atoms with E-state index < -0.39 is 5.97 Å². The van der Waals surface area contributed by atoms with Crippen LogP contribution in [0, 0.1) is 12.7 Å². The normalized spacial score (nSPS) is 11.1. The fourth-order valence-corrected chi connectivity index (χ4v) is 2.10. The van der Waals surface area contributed by atoms with Crippen LogP contribution in [0.15, 0.2) is 22.7 Å². The van der Waals surface area contributed by atoms with Crippen molar-refractivity contribution < 1.29 is 18.8 Å². The predicted molar refractivity (Wildman–Crippen MR) is 82.5 cm³/mol. The van der Waals surface area contributed by atoms with Gasteiger partial charge in [-0.15, -0.1) is 0 Å². The quantitative estimate of drug-likeness (QED) is 0.805. The molecule has 0 saturated carbocycles. The molecule has 0 aliphatic heterocycles. The van der Waals surface area contributed by atoms with Gasteiger partial charge in [-0.2, -0.15) is 4.98 Å². The van der Waals surface area contributed by atoms with Gasteiger partial charge >= 0.3 is 5.97 Å². The van der Waals surface area contributed by atoms with Crippen molar-refractivity contribution in [2.45, 2.75) is 26.2 Å². The molecular weight excluding hydrogens is 301 g/mol. The van der Waals surface area contributed by atoms with Crippen molar-refractivity contribution in [1.82, 2.24) is 15.0 Å². The van der Waals surface area contributed by atoms with Crippen LogP contribution in [0.4, 0.5) is 4.39 Å². The van der Waals surface area contributed by atoms with Gasteiger partial charge in [-0.25, -0.2) is 4.39 Å². The Morgan fingerprint density at radius 1 is 1.39 bits per heavy atom. The second-order valence-corrected chi connectivity index (χ2v) is 5.53. The minimum Gasteiger partial charge on any atom is -0.481 e. The number of benzene rings is 1. The largest absolute Gasteiger partial charge is 0.481 e. The minimum absolute atomic E-state index is 0.125. The van der Waals surface area contributed by atoms with Crippen molar-refractivity contribution >= 4 is 5.97 Å². The van der Waals surface area contributed by atoms with Crippen LogP contribution in [0.1, 0.15) is 24.3 Å². The minimum atomic E-state index is -0.802. The maximum atomic E-state index is 13.6. The molecule has 6 nitrogen and oxygen atoms in total. The molecule has 2 rings (SSSR count). The van der Waals surface area contributed by atoms with Gasteiger partial charge in [-0.1, -0.05) is 17.3 Å². The number of aromatic nitrogens is 2. The summed E-state index contributed by atoms with van der Waals surface area (Å²) in [5, 5.41) is 12.5. The molecule has 0 saturated heterocycles. The molecule has 0 aliphatic rings. The van der Waals surface area contributed by atoms with E-state index in [1.807, 2.05) is 11.9 Å². The standard InChI is InChI=1S/C16H20FN3O3/c1-11-5-6-12(10-13(11)17)16-18-14(23-19-16)4-3-8-20(2)9-7-15(21)22/h5-6,10H,3-4,7-9H2,1-2H3,(H,21,22). The Hall–Kier alpha value is -2.28. The highest BCUT2D eigenvalue weighted by atomic mass is 19.1. The smallest absolute Gasteiger partial charge is 0.304 e. The number of rotatable bonds is 8. The summed E-state index contributed by atoms with van der Waals surface area (Å²) in [7, 11) is 1.87. The first-order chi connectivity index (χ1) is 11.0. The maximum Gasteiger partial charge on any atom is 0.304 e. The van der Waals surface area contributed by atoms with Gasteiger partial charge in [-0.3, -0.25) is 4.79 Å². The first kappa shape index (κ1) is 17.1. The number of nitrogens with zero attached hydrogens (tertiary/aromatic N) is 3. The first-order valence-corrected chi connectivity index (χ1v) is 7.45.